The zero-order valence-corrected chi connectivity index (χ0v) is 16.1. The number of benzene rings is 1. The summed E-state index contributed by atoms with van der Waals surface area (Å²) in [5, 5.41) is 6.01. The number of halogens is 1. The van der Waals surface area contributed by atoms with Gasteiger partial charge < -0.3 is 20.3 Å². The van der Waals surface area contributed by atoms with Crippen molar-refractivity contribution >= 4 is 27.9 Å². The number of nitrogens with one attached hydrogen (secondary N) is 2. The van der Waals surface area contributed by atoms with Crippen molar-refractivity contribution in [3.05, 3.63) is 28.2 Å². The van der Waals surface area contributed by atoms with E-state index in [0.717, 1.165) is 41.5 Å². The lowest BCUT2D eigenvalue weighted by atomic mass is 10.1. The summed E-state index contributed by atoms with van der Waals surface area (Å²) >= 11 is 3.46. The molecule has 3 amide bonds. The third-order valence-corrected chi connectivity index (χ3v) is 5.38. The van der Waals surface area contributed by atoms with Gasteiger partial charge in [-0.3, -0.25) is 4.79 Å². The van der Waals surface area contributed by atoms with Gasteiger partial charge in [0.2, 0.25) is 5.91 Å². The number of hydrogen-bond donors (Lipinski definition) is 2. The summed E-state index contributed by atoms with van der Waals surface area (Å²) in [5.41, 5.74) is 0.971. The first-order valence-corrected chi connectivity index (χ1v) is 9.50. The molecule has 2 atom stereocenters. The molecule has 1 aliphatic carbocycles. The smallest absolute Gasteiger partial charge is 0.318 e. The highest BCUT2D eigenvalue weighted by Gasteiger charge is 2.36. The number of nitrogens with zero attached hydrogens (tertiary/aromatic N) is 1. The van der Waals surface area contributed by atoms with E-state index in [0.29, 0.717) is 12.6 Å². The van der Waals surface area contributed by atoms with E-state index in [1.807, 2.05) is 25.1 Å². The van der Waals surface area contributed by atoms with Gasteiger partial charge in [-0.15, -0.1) is 0 Å². The largest absolute Gasteiger partial charge is 0.496 e. The maximum absolute atomic E-state index is 12.7. The van der Waals surface area contributed by atoms with Crippen molar-refractivity contribution in [1.82, 2.24) is 15.5 Å². The highest BCUT2D eigenvalue weighted by molar-refractivity contribution is 9.10. The van der Waals surface area contributed by atoms with E-state index in [1.54, 1.807) is 12.0 Å². The Labute approximate surface area is 156 Å². The number of carbonyl (C=O) groups excluding carboxylic acids is 2. The van der Waals surface area contributed by atoms with E-state index >= 15 is 0 Å². The first-order valence-electron chi connectivity index (χ1n) is 8.70. The molecule has 2 aliphatic rings. The molecule has 2 N–H and O–H groups in total. The minimum atomic E-state index is -0.351. The van der Waals surface area contributed by atoms with E-state index in [4.69, 9.17) is 4.74 Å². The first-order chi connectivity index (χ1) is 12.0. The van der Waals surface area contributed by atoms with E-state index in [1.165, 1.54) is 0 Å². The van der Waals surface area contributed by atoms with Crippen molar-refractivity contribution < 1.29 is 14.3 Å². The maximum Gasteiger partial charge on any atom is 0.318 e. The van der Waals surface area contributed by atoms with Gasteiger partial charge in [0.1, 0.15) is 11.8 Å². The van der Waals surface area contributed by atoms with Gasteiger partial charge in [-0.1, -0.05) is 6.07 Å². The van der Waals surface area contributed by atoms with Crippen LogP contribution in [0.2, 0.25) is 0 Å². The van der Waals surface area contributed by atoms with E-state index < -0.39 is 0 Å². The average molecular weight is 410 g/mol. The Hall–Kier alpha value is -1.76. The third-order valence-electron chi connectivity index (χ3n) is 4.76. The number of rotatable bonds is 5. The van der Waals surface area contributed by atoms with Gasteiger partial charge in [-0.05, 0) is 66.2 Å². The molecule has 0 bridgehead atoms. The van der Waals surface area contributed by atoms with Crippen LogP contribution in [0.1, 0.15) is 44.2 Å². The predicted molar refractivity (Wildman–Crippen MR) is 98.5 cm³/mol. The Morgan fingerprint density at radius 2 is 2.08 bits per heavy atom. The fourth-order valence-electron chi connectivity index (χ4n) is 3.11. The molecule has 1 aliphatic heterocycles. The number of ether oxygens (including phenoxy) is 1. The molecular formula is C18H24BrN3O3. The van der Waals surface area contributed by atoms with Crippen LogP contribution in [0, 0.1) is 0 Å². The van der Waals surface area contributed by atoms with Gasteiger partial charge in [0.25, 0.3) is 0 Å². The zero-order chi connectivity index (χ0) is 18.0. The quantitative estimate of drug-likeness (QED) is 0.784. The predicted octanol–water partition coefficient (Wildman–Crippen LogP) is 2.97. The first kappa shape index (κ1) is 18.0. The topological polar surface area (TPSA) is 70.7 Å². The second-order valence-electron chi connectivity index (χ2n) is 6.70. The lowest BCUT2D eigenvalue weighted by molar-refractivity contribution is -0.124. The minimum Gasteiger partial charge on any atom is -0.496 e. The van der Waals surface area contributed by atoms with Crippen LogP contribution in [-0.2, 0) is 4.79 Å². The van der Waals surface area contributed by atoms with Crippen molar-refractivity contribution in [3.63, 3.8) is 0 Å². The zero-order valence-electron chi connectivity index (χ0n) is 14.5. The summed E-state index contributed by atoms with van der Waals surface area (Å²) in [6.07, 6.45) is 3.69. The van der Waals surface area contributed by atoms with E-state index in [2.05, 4.69) is 26.6 Å². The van der Waals surface area contributed by atoms with Crippen molar-refractivity contribution in [2.24, 2.45) is 0 Å². The van der Waals surface area contributed by atoms with Gasteiger partial charge >= 0.3 is 6.03 Å². The summed E-state index contributed by atoms with van der Waals surface area (Å²) < 4.78 is 6.08. The van der Waals surface area contributed by atoms with Gasteiger partial charge in [0.15, 0.2) is 0 Å². The van der Waals surface area contributed by atoms with Crippen LogP contribution in [0.4, 0.5) is 4.79 Å². The van der Waals surface area contributed by atoms with Crippen LogP contribution >= 0.6 is 15.9 Å². The maximum atomic E-state index is 12.7. The Balaban J connectivity index is 1.62. The number of methoxy groups -OCH3 is 1. The van der Waals surface area contributed by atoms with Gasteiger partial charge in [0.05, 0.1) is 17.6 Å². The monoisotopic (exact) mass is 409 g/mol. The standard InChI is InChI=1S/C18H24BrN3O3/c1-11(12-5-8-16(25-2)14(19)10-12)20-18(24)22-9-3-4-15(22)17(23)21-13-6-7-13/h5,8,10-11,13,15H,3-4,6-7,9H2,1-2H3,(H,20,24)(H,21,23). The second-order valence-corrected chi connectivity index (χ2v) is 7.55. The van der Waals surface area contributed by atoms with E-state index in [9.17, 15) is 9.59 Å². The molecule has 1 saturated carbocycles. The molecule has 1 aromatic rings. The average Bonchev–Trinajstić information content (AvgIpc) is 3.25. The number of amides is 3. The van der Waals surface area contributed by atoms with Crippen LogP contribution in [0.15, 0.2) is 22.7 Å². The molecule has 3 rings (SSSR count). The van der Waals surface area contributed by atoms with Crippen molar-refractivity contribution in [2.45, 2.75) is 50.7 Å². The second kappa shape index (κ2) is 7.64. The Morgan fingerprint density at radius 1 is 1.32 bits per heavy atom. The van der Waals surface area contributed by atoms with Crippen LogP contribution < -0.4 is 15.4 Å². The Kier molecular flexibility index (Phi) is 5.51. The molecule has 0 spiro atoms. The molecule has 0 radical (unpaired) electrons. The SMILES string of the molecule is COc1ccc(C(C)NC(=O)N2CCCC2C(=O)NC2CC2)cc1Br. The summed E-state index contributed by atoms with van der Waals surface area (Å²) in [5.74, 6) is 0.730. The molecule has 1 heterocycles. The molecule has 2 unspecified atom stereocenters. The van der Waals surface area contributed by atoms with Crippen LogP contribution in [-0.4, -0.2) is 42.6 Å². The summed E-state index contributed by atoms with van der Waals surface area (Å²) in [6, 6.07) is 5.34. The fraction of sp³-hybridized carbons (Fsp3) is 0.556. The Bertz CT molecular complexity index is 663. The highest BCUT2D eigenvalue weighted by Crippen LogP contribution is 2.28. The van der Waals surface area contributed by atoms with Gasteiger partial charge in [-0.25, -0.2) is 4.79 Å². The molecule has 0 aromatic heterocycles. The molecular weight excluding hydrogens is 386 g/mol. The number of hydrogen-bond acceptors (Lipinski definition) is 3. The molecule has 1 saturated heterocycles. The number of carbonyl (C=O) groups is 2. The van der Waals surface area contributed by atoms with Crippen molar-refractivity contribution in [1.29, 1.82) is 0 Å². The molecule has 25 heavy (non-hydrogen) atoms. The van der Waals surface area contributed by atoms with E-state index in [-0.39, 0.29) is 24.0 Å². The van der Waals surface area contributed by atoms with Gasteiger partial charge in [-0.2, -0.15) is 0 Å². The molecule has 1 aromatic carbocycles. The highest BCUT2D eigenvalue weighted by atomic mass is 79.9. The molecule has 7 heteroatoms. The Morgan fingerprint density at radius 3 is 2.72 bits per heavy atom. The number of likely N-dealkylation sites (tertiary alicyclic amines) is 1. The molecule has 6 nitrogen and oxygen atoms in total. The van der Waals surface area contributed by atoms with Crippen LogP contribution in [0.25, 0.3) is 0 Å². The summed E-state index contributed by atoms with van der Waals surface area (Å²) in [4.78, 5) is 26.6. The van der Waals surface area contributed by atoms with Gasteiger partial charge in [0, 0.05) is 12.6 Å². The fourth-order valence-corrected chi connectivity index (χ4v) is 3.67. The van der Waals surface area contributed by atoms with Crippen molar-refractivity contribution in [2.75, 3.05) is 13.7 Å². The summed E-state index contributed by atoms with van der Waals surface area (Å²) in [6.45, 7) is 2.55. The van der Waals surface area contributed by atoms with Crippen LogP contribution in [0.3, 0.4) is 0 Å². The molecule has 136 valence electrons. The summed E-state index contributed by atoms with van der Waals surface area (Å²) in [7, 11) is 1.62. The lowest BCUT2D eigenvalue weighted by Gasteiger charge is -2.26. The third kappa shape index (κ3) is 4.26. The van der Waals surface area contributed by atoms with Crippen LogP contribution in [0.5, 0.6) is 5.75 Å². The lowest BCUT2D eigenvalue weighted by Crippen LogP contribution is -2.50. The number of urea groups is 1. The van der Waals surface area contributed by atoms with Crippen molar-refractivity contribution in [3.8, 4) is 5.75 Å². The normalized spacial score (nSPS) is 20.9. The molecule has 2 fully saturated rings. The minimum absolute atomic E-state index is 0.0185.